The van der Waals surface area contributed by atoms with E-state index in [0.29, 0.717) is 0 Å². The summed E-state index contributed by atoms with van der Waals surface area (Å²) in [4.78, 5) is 4.58. The smallest absolute Gasteiger partial charge is 0.154 e. The fourth-order valence-electron chi connectivity index (χ4n) is 1.71. The summed E-state index contributed by atoms with van der Waals surface area (Å²) < 4.78 is 1.89. The van der Waals surface area contributed by atoms with Gasteiger partial charge in [-0.1, -0.05) is 20.8 Å². The van der Waals surface area contributed by atoms with Crippen molar-refractivity contribution < 1.29 is 0 Å². The van der Waals surface area contributed by atoms with Gasteiger partial charge in [-0.25, -0.2) is 9.50 Å². The van der Waals surface area contributed by atoms with Crippen LogP contribution in [0.3, 0.4) is 0 Å². The Morgan fingerprint density at radius 1 is 1.29 bits per heavy atom. The molecule has 3 nitrogen and oxygen atoms in total. The summed E-state index contributed by atoms with van der Waals surface area (Å²) >= 11 is 0. The van der Waals surface area contributed by atoms with E-state index in [9.17, 15) is 0 Å². The summed E-state index contributed by atoms with van der Waals surface area (Å²) in [6.45, 7) is 8.57. The van der Waals surface area contributed by atoms with Crippen LogP contribution < -0.4 is 0 Å². The Labute approximate surface area is 83.8 Å². The van der Waals surface area contributed by atoms with E-state index < -0.39 is 0 Å². The second-order valence-electron chi connectivity index (χ2n) is 4.59. The van der Waals surface area contributed by atoms with Crippen molar-refractivity contribution in [2.24, 2.45) is 0 Å². The van der Waals surface area contributed by atoms with E-state index in [-0.39, 0.29) is 5.41 Å². The zero-order chi connectivity index (χ0) is 10.3. The van der Waals surface area contributed by atoms with Crippen molar-refractivity contribution in [3.05, 3.63) is 29.7 Å². The highest BCUT2D eigenvalue weighted by molar-refractivity contribution is 5.42. The van der Waals surface area contributed by atoms with E-state index in [4.69, 9.17) is 0 Å². The van der Waals surface area contributed by atoms with E-state index in [0.717, 1.165) is 17.0 Å². The van der Waals surface area contributed by atoms with E-state index in [1.807, 2.05) is 16.6 Å². The molecular weight excluding hydrogens is 174 g/mol. The average Bonchev–Trinajstić information content (AvgIpc) is 2.44. The summed E-state index contributed by atoms with van der Waals surface area (Å²) in [5.74, 6) is 0. The van der Waals surface area contributed by atoms with Gasteiger partial charge >= 0.3 is 0 Å². The molecule has 74 valence electrons. The van der Waals surface area contributed by atoms with Gasteiger partial charge in [-0.15, -0.1) is 0 Å². The van der Waals surface area contributed by atoms with Gasteiger partial charge in [-0.3, -0.25) is 0 Å². The molecule has 0 radical (unpaired) electrons. The van der Waals surface area contributed by atoms with Crippen LogP contribution in [0.25, 0.3) is 5.65 Å². The van der Waals surface area contributed by atoms with Crippen LogP contribution in [0.2, 0.25) is 0 Å². The highest BCUT2D eigenvalue weighted by atomic mass is 15.3. The fourth-order valence-corrected chi connectivity index (χ4v) is 1.71. The molecule has 0 N–H and O–H groups in total. The second-order valence-corrected chi connectivity index (χ2v) is 4.59. The number of aryl methyl sites for hydroxylation is 1. The van der Waals surface area contributed by atoms with Gasteiger partial charge in [-0.05, 0) is 19.1 Å². The Balaban J connectivity index is 2.75. The molecule has 3 heteroatoms. The highest BCUT2D eigenvalue weighted by Gasteiger charge is 2.21. The third-order valence-corrected chi connectivity index (χ3v) is 2.33. The molecule has 14 heavy (non-hydrogen) atoms. The number of hydrogen-bond donors (Lipinski definition) is 0. The van der Waals surface area contributed by atoms with Gasteiger partial charge in [0.25, 0.3) is 0 Å². The Morgan fingerprint density at radius 2 is 2.00 bits per heavy atom. The molecule has 0 atom stereocenters. The molecule has 0 spiro atoms. The van der Waals surface area contributed by atoms with Gasteiger partial charge in [0.2, 0.25) is 0 Å². The van der Waals surface area contributed by atoms with Crippen molar-refractivity contribution in [1.29, 1.82) is 0 Å². The van der Waals surface area contributed by atoms with Crippen molar-refractivity contribution in [1.82, 2.24) is 14.6 Å². The zero-order valence-corrected chi connectivity index (χ0v) is 9.07. The maximum absolute atomic E-state index is 4.58. The lowest BCUT2D eigenvalue weighted by molar-refractivity contribution is 0.567. The quantitative estimate of drug-likeness (QED) is 0.636. The molecule has 2 rings (SSSR count). The molecule has 0 bridgehead atoms. The first-order valence-electron chi connectivity index (χ1n) is 4.81. The molecule has 0 unspecified atom stereocenters. The predicted molar refractivity (Wildman–Crippen MR) is 56.4 cm³/mol. The number of rotatable bonds is 0. The minimum absolute atomic E-state index is 0.0811. The van der Waals surface area contributed by atoms with Crippen LogP contribution in [0.15, 0.2) is 18.3 Å². The van der Waals surface area contributed by atoms with Gasteiger partial charge in [0.05, 0.1) is 11.4 Å². The summed E-state index contributed by atoms with van der Waals surface area (Å²) in [7, 11) is 0. The molecule has 0 aromatic carbocycles. The molecular formula is C11H15N3. The predicted octanol–water partition coefficient (Wildman–Crippen LogP) is 2.34. The van der Waals surface area contributed by atoms with Crippen LogP contribution in [0.5, 0.6) is 0 Å². The van der Waals surface area contributed by atoms with Crippen LogP contribution in [-0.2, 0) is 5.41 Å². The Morgan fingerprint density at radius 3 is 2.57 bits per heavy atom. The molecule has 0 amide bonds. The minimum Gasteiger partial charge on any atom is -0.231 e. The molecule has 2 heterocycles. The summed E-state index contributed by atoms with van der Waals surface area (Å²) in [5, 5.41) is 4.27. The normalized spacial score (nSPS) is 12.3. The standard InChI is InChI=1S/C11H15N3/c1-8-10(11(2,3)4)13-9-6-5-7-12-14(8)9/h5-7H,1-4H3. The van der Waals surface area contributed by atoms with Crippen molar-refractivity contribution in [3.63, 3.8) is 0 Å². The molecule has 0 aliphatic rings. The van der Waals surface area contributed by atoms with Crippen molar-refractivity contribution in [2.75, 3.05) is 0 Å². The van der Waals surface area contributed by atoms with Crippen LogP contribution >= 0.6 is 0 Å². The minimum atomic E-state index is 0.0811. The summed E-state index contributed by atoms with van der Waals surface area (Å²) in [6.07, 6.45) is 1.79. The van der Waals surface area contributed by atoms with E-state index in [1.165, 1.54) is 0 Å². The zero-order valence-electron chi connectivity index (χ0n) is 9.07. The SMILES string of the molecule is Cc1c(C(C)(C)C)nc2cccnn12. The van der Waals surface area contributed by atoms with Crippen molar-refractivity contribution >= 4 is 5.65 Å². The van der Waals surface area contributed by atoms with Crippen LogP contribution in [-0.4, -0.2) is 14.6 Å². The number of aromatic nitrogens is 3. The first-order valence-corrected chi connectivity index (χ1v) is 4.81. The summed E-state index contributed by atoms with van der Waals surface area (Å²) in [5.41, 5.74) is 3.26. The Kier molecular flexibility index (Phi) is 1.84. The van der Waals surface area contributed by atoms with Crippen LogP contribution in [0, 0.1) is 6.92 Å². The van der Waals surface area contributed by atoms with Gasteiger partial charge in [-0.2, -0.15) is 5.10 Å². The highest BCUT2D eigenvalue weighted by Crippen LogP contribution is 2.24. The molecule has 0 saturated carbocycles. The maximum Gasteiger partial charge on any atom is 0.154 e. The molecule has 2 aromatic rings. The van der Waals surface area contributed by atoms with Crippen molar-refractivity contribution in [3.8, 4) is 0 Å². The monoisotopic (exact) mass is 189 g/mol. The van der Waals surface area contributed by atoms with Gasteiger partial charge in [0.15, 0.2) is 5.65 Å². The Bertz CT molecular complexity index is 463. The fraction of sp³-hybridized carbons (Fsp3) is 0.455. The number of fused-ring (bicyclic) bond motifs is 1. The lowest BCUT2D eigenvalue weighted by atomic mass is 9.91. The molecule has 0 aliphatic heterocycles. The molecule has 0 saturated heterocycles. The third kappa shape index (κ3) is 1.29. The number of imidazole rings is 1. The third-order valence-electron chi connectivity index (χ3n) is 2.33. The van der Waals surface area contributed by atoms with E-state index in [2.05, 4.69) is 37.8 Å². The Hall–Kier alpha value is -1.38. The molecule has 0 aliphatic carbocycles. The number of hydrogen-bond acceptors (Lipinski definition) is 2. The first kappa shape index (κ1) is 9.19. The lowest BCUT2D eigenvalue weighted by Crippen LogP contribution is -2.13. The average molecular weight is 189 g/mol. The van der Waals surface area contributed by atoms with Gasteiger partial charge in [0.1, 0.15) is 0 Å². The van der Waals surface area contributed by atoms with Gasteiger partial charge < -0.3 is 0 Å². The maximum atomic E-state index is 4.58. The number of nitrogens with zero attached hydrogens (tertiary/aromatic N) is 3. The first-order chi connectivity index (χ1) is 6.50. The second kappa shape index (κ2) is 2.80. The molecule has 2 aromatic heterocycles. The van der Waals surface area contributed by atoms with Crippen LogP contribution in [0.4, 0.5) is 0 Å². The van der Waals surface area contributed by atoms with Crippen LogP contribution in [0.1, 0.15) is 32.2 Å². The van der Waals surface area contributed by atoms with E-state index >= 15 is 0 Å². The molecule has 0 fully saturated rings. The largest absolute Gasteiger partial charge is 0.231 e. The van der Waals surface area contributed by atoms with E-state index in [1.54, 1.807) is 6.20 Å². The lowest BCUT2D eigenvalue weighted by Gasteiger charge is -2.15. The van der Waals surface area contributed by atoms with Gasteiger partial charge in [0, 0.05) is 11.6 Å². The van der Waals surface area contributed by atoms with Crippen molar-refractivity contribution in [2.45, 2.75) is 33.1 Å². The topological polar surface area (TPSA) is 30.2 Å². The summed E-state index contributed by atoms with van der Waals surface area (Å²) in [6, 6.07) is 3.89.